The van der Waals surface area contributed by atoms with Gasteiger partial charge in [-0.3, -0.25) is 14.7 Å². The highest BCUT2D eigenvalue weighted by molar-refractivity contribution is 7.16. The number of benzene rings is 1. The number of aryl methyl sites for hydroxylation is 1. The Bertz CT molecular complexity index is 1000. The van der Waals surface area contributed by atoms with Crippen LogP contribution in [0.4, 0.5) is 5.69 Å². The maximum Gasteiger partial charge on any atom is 0.273 e. The lowest BCUT2D eigenvalue weighted by molar-refractivity contribution is -0.116. The highest BCUT2D eigenvalue weighted by atomic mass is 32.1. The van der Waals surface area contributed by atoms with E-state index in [9.17, 15) is 4.79 Å². The van der Waals surface area contributed by atoms with Crippen LogP contribution in [0, 0.1) is 0 Å². The monoisotopic (exact) mass is 438 g/mol. The Morgan fingerprint density at radius 2 is 2.00 bits per heavy atom. The number of hydrogen-bond donors (Lipinski definition) is 1. The first-order valence-electron chi connectivity index (χ1n) is 10.3. The first-order chi connectivity index (χ1) is 15.2. The second kappa shape index (κ2) is 10.5. The van der Waals surface area contributed by atoms with E-state index in [1.807, 2.05) is 24.4 Å². The van der Waals surface area contributed by atoms with E-state index in [0.717, 1.165) is 54.5 Å². The van der Waals surface area contributed by atoms with Crippen LogP contribution in [-0.4, -0.2) is 54.2 Å². The number of morpholine rings is 1. The Morgan fingerprint density at radius 1 is 1.19 bits per heavy atom. The van der Waals surface area contributed by atoms with Crippen molar-refractivity contribution in [1.29, 1.82) is 0 Å². The topological polar surface area (TPSA) is 76.6 Å². The fourth-order valence-corrected chi connectivity index (χ4v) is 4.32. The summed E-state index contributed by atoms with van der Waals surface area (Å²) in [4.78, 5) is 24.3. The van der Waals surface area contributed by atoms with E-state index >= 15 is 0 Å². The SMILES string of the molecule is COc1ncc(-c2ccncc2CCC(=O)Nc2ccc(CN3CCOCC3)cc2)s1. The zero-order chi connectivity index (χ0) is 21.5. The molecule has 0 radical (unpaired) electrons. The van der Waals surface area contributed by atoms with Gasteiger partial charge in [0.15, 0.2) is 0 Å². The fourth-order valence-electron chi connectivity index (χ4n) is 3.53. The second-order valence-electron chi connectivity index (χ2n) is 7.36. The minimum atomic E-state index is -0.0161. The number of thiazole rings is 1. The quantitative estimate of drug-likeness (QED) is 0.579. The summed E-state index contributed by atoms with van der Waals surface area (Å²) in [5.74, 6) is -0.0161. The molecule has 1 fully saturated rings. The van der Waals surface area contributed by atoms with E-state index in [1.165, 1.54) is 16.9 Å². The summed E-state index contributed by atoms with van der Waals surface area (Å²) in [6, 6.07) is 10.0. The molecule has 4 rings (SSSR count). The third-order valence-electron chi connectivity index (χ3n) is 5.20. The molecular weight excluding hydrogens is 412 g/mol. The smallest absolute Gasteiger partial charge is 0.273 e. The largest absolute Gasteiger partial charge is 0.473 e. The van der Waals surface area contributed by atoms with Crippen LogP contribution in [0.25, 0.3) is 10.4 Å². The number of ether oxygens (including phenoxy) is 2. The first kappa shape index (κ1) is 21.4. The minimum absolute atomic E-state index is 0.0161. The molecule has 1 saturated heterocycles. The van der Waals surface area contributed by atoms with Gasteiger partial charge in [0.25, 0.3) is 5.19 Å². The molecule has 0 spiro atoms. The number of aromatic nitrogens is 2. The van der Waals surface area contributed by atoms with Crippen molar-refractivity contribution in [3.63, 3.8) is 0 Å². The Hall–Kier alpha value is -2.81. The van der Waals surface area contributed by atoms with E-state index in [2.05, 4.69) is 32.3 Å². The molecule has 0 unspecified atom stereocenters. The number of rotatable bonds is 8. The van der Waals surface area contributed by atoms with Gasteiger partial charge in [-0.2, -0.15) is 0 Å². The number of hydrogen-bond acceptors (Lipinski definition) is 7. The number of nitrogens with one attached hydrogen (secondary N) is 1. The molecule has 1 N–H and O–H groups in total. The highest BCUT2D eigenvalue weighted by Crippen LogP contribution is 2.32. The van der Waals surface area contributed by atoms with Crippen LogP contribution in [0.1, 0.15) is 17.5 Å². The molecule has 0 saturated carbocycles. The van der Waals surface area contributed by atoms with Gasteiger partial charge in [-0.05, 0) is 41.3 Å². The minimum Gasteiger partial charge on any atom is -0.473 e. The van der Waals surface area contributed by atoms with Gasteiger partial charge in [-0.1, -0.05) is 23.5 Å². The average molecular weight is 439 g/mol. The number of pyridine rings is 1. The standard InChI is InChI=1S/C23H26N4O3S/c1-29-23-25-15-21(31-23)20-8-9-24-14-18(20)4-7-22(28)26-19-5-2-17(3-6-19)16-27-10-12-30-13-11-27/h2-3,5-6,8-9,14-15H,4,7,10-13,16H2,1H3,(H,26,28). The number of carbonyl (C=O) groups excluding carboxylic acids is 1. The van der Waals surface area contributed by atoms with Gasteiger partial charge in [-0.25, -0.2) is 4.98 Å². The Balaban J connectivity index is 1.31. The summed E-state index contributed by atoms with van der Waals surface area (Å²) in [5.41, 5.74) is 4.11. The van der Waals surface area contributed by atoms with Crippen molar-refractivity contribution in [2.24, 2.45) is 0 Å². The highest BCUT2D eigenvalue weighted by Gasteiger charge is 2.13. The van der Waals surface area contributed by atoms with Crippen LogP contribution >= 0.6 is 11.3 Å². The van der Waals surface area contributed by atoms with Gasteiger partial charge in [0, 0.05) is 50.3 Å². The second-order valence-corrected chi connectivity index (χ2v) is 8.35. The summed E-state index contributed by atoms with van der Waals surface area (Å²) in [5, 5.41) is 3.61. The molecule has 0 bridgehead atoms. The first-order valence-corrected chi connectivity index (χ1v) is 11.1. The molecule has 1 amide bonds. The average Bonchev–Trinajstić information content (AvgIpc) is 3.29. The molecule has 31 heavy (non-hydrogen) atoms. The number of amides is 1. The van der Waals surface area contributed by atoms with E-state index in [0.29, 0.717) is 18.0 Å². The lowest BCUT2D eigenvalue weighted by atomic mass is 10.0. The predicted molar refractivity (Wildman–Crippen MR) is 121 cm³/mol. The molecule has 2 aromatic heterocycles. The third-order valence-corrected chi connectivity index (χ3v) is 6.19. The summed E-state index contributed by atoms with van der Waals surface area (Å²) in [7, 11) is 1.61. The molecule has 162 valence electrons. The number of anilines is 1. The molecule has 8 heteroatoms. The number of carbonyl (C=O) groups is 1. The lowest BCUT2D eigenvalue weighted by Crippen LogP contribution is -2.35. The molecule has 0 atom stereocenters. The van der Waals surface area contributed by atoms with Crippen LogP contribution < -0.4 is 10.1 Å². The van der Waals surface area contributed by atoms with Gasteiger partial charge in [0.2, 0.25) is 5.91 Å². The summed E-state index contributed by atoms with van der Waals surface area (Å²) in [6.07, 6.45) is 6.34. The van der Waals surface area contributed by atoms with Crippen LogP contribution in [0.5, 0.6) is 5.19 Å². The normalized spacial score (nSPS) is 14.4. The molecule has 1 aliphatic heterocycles. The van der Waals surface area contributed by atoms with Crippen molar-refractivity contribution in [2.75, 3.05) is 38.7 Å². The molecule has 3 aromatic rings. The van der Waals surface area contributed by atoms with Crippen molar-refractivity contribution in [2.45, 2.75) is 19.4 Å². The molecule has 0 aliphatic carbocycles. The maximum atomic E-state index is 12.5. The van der Waals surface area contributed by atoms with E-state index in [4.69, 9.17) is 9.47 Å². The summed E-state index contributed by atoms with van der Waals surface area (Å²) < 4.78 is 10.6. The van der Waals surface area contributed by atoms with Gasteiger partial charge in [-0.15, -0.1) is 0 Å². The Morgan fingerprint density at radius 3 is 2.74 bits per heavy atom. The van der Waals surface area contributed by atoms with E-state index in [-0.39, 0.29) is 5.91 Å². The zero-order valence-electron chi connectivity index (χ0n) is 17.5. The van der Waals surface area contributed by atoms with E-state index < -0.39 is 0 Å². The lowest BCUT2D eigenvalue weighted by Gasteiger charge is -2.26. The van der Waals surface area contributed by atoms with E-state index in [1.54, 1.807) is 19.5 Å². The molecular formula is C23H26N4O3S. The Labute approximate surface area is 186 Å². The van der Waals surface area contributed by atoms with Crippen molar-refractivity contribution in [1.82, 2.24) is 14.9 Å². The molecule has 7 nitrogen and oxygen atoms in total. The van der Waals surface area contributed by atoms with Gasteiger partial charge in [0.1, 0.15) is 0 Å². The fraction of sp³-hybridized carbons (Fsp3) is 0.348. The van der Waals surface area contributed by atoms with Crippen LogP contribution in [0.15, 0.2) is 48.9 Å². The summed E-state index contributed by atoms with van der Waals surface area (Å²) >= 11 is 1.48. The summed E-state index contributed by atoms with van der Waals surface area (Å²) in [6.45, 7) is 4.42. The number of methoxy groups -OCH3 is 1. The van der Waals surface area contributed by atoms with Gasteiger partial charge >= 0.3 is 0 Å². The van der Waals surface area contributed by atoms with Gasteiger partial charge < -0.3 is 14.8 Å². The van der Waals surface area contributed by atoms with Crippen molar-refractivity contribution < 1.29 is 14.3 Å². The zero-order valence-corrected chi connectivity index (χ0v) is 18.4. The number of nitrogens with zero attached hydrogens (tertiary/aromatic N) is 3. The van der Waals surface area contributed by atoms with Crippen LogP contribution in [-0.2, 0) is 22.5 Å². The predicted octanol–water partition coefficient (Wildman–Crippen LogP) is 3.62. The van der Waals surface area contributed by atoms with Crippen LogP contribution in [0.2, 0.25) is 0 Å². The van der Waals surface area contributed by atoms with Crippen molar-refractivity contribution in [3.05, 3.63) is 60.0 Å². The van der Waals surface area contributed by atoms with Crippen LogP contribution in [0.3, 0.4) is 0 Å². The molecule has 1 aromatic carbocycles. The van der Waals surface area contributed by atoms with Crippen molar-refractivity contribution in [3.8, 4) is 15.6 Å². The van der Waals surface area contributed by atoms with Crippen molar-refractivity contribution >= 4 is 22.9 Å². The van der Waals surface area contributed by atoms with Gasteiger partial charge in [0.05, 0.1) is 25.2 Å². The maximum absolute atomic E-state index is 12.5. The molecule has 1 aliphatic rings. The Kier molecular flexibility index (Phi) is 7.24. The third kappa shape index (κ3) is 5.88. The molecule has 3 heterocycles.